The minimum absolute atomic E-state index is 0.589. The number of rotatable bonds is 5. The highest BCUT2D eigenvalue weighted by Crippen LogP contribution is 2.26. The van der Waals surface area contributed by atoms with Crippen LogP contribution >= 0.6 is 28.1 Å². The van der Waals surface area contributed by atoms with E-state index in [4.69, 9.17) is 17.0 Å². The Morgan fingerprint density at radius 1 is 1.38 bits per heavy atom. The molecule has 108 valence electrons. The van der Waals surface area contributed by atoms with Gasteiger partial charge in [0.2, 0.25) is 0 Å². The summed E-state index contributed by atoms with van der Waals surface area (Å²) < 4.78 is 7.76. The van der Waals surface area contributed by atoms with E-state index in [9.17, 15) is 4.79 Å². The van der Waals surface area contributed by atoms with Crippen LogP contribution in [0.5, 0.6) is 5.75 Å². The molecule has 0 bridgehead atoms. The fraction of sp³-hybridized carbons (Fsp3) is 0.133. The molecule has 21 heavy (non-hydrogen) atoms. The molecule has 6 heteroatoms. The molecule has 2 aromatic rings. The normalized spacial score (nSPS) is 11.3. The summed E-state index contributed by atoms with van der Waals surface area (Å²) in [7, 11) is 1.62. The van der Waals surface area contributed by atoms with Crippen LogP contribution in [0.4, 0.5) is 0 Å². The summed E-state index contributed by atoms with van der Waals surface area (Å²) in [5.74, 6) is 1.39. The van der Waals surface area contributed by atoms with E-state index in [2.05, 4.69) is 20.9 Å². The number of benzene rings is 1. The number of carbonyl (C=O) groups excluding carboxylic acids is 1. The maximum atomic E-state index is 10.8. The molecule has 0 saturated heterocycles. The zero-order valence-electron chi connectivity index (χ0n) is 11.5. The molecular weight excluding hydrogens is 352 g/mol. The van der Waals surface area contributed by atoms with Crippen molar-refractivity contribution in [1.82, 2.24) is 9.55 Å². The molecule has 0 amide bonds. The molecule has 0 saturated carbocycles. The Morgan fingerprint density at radius 2 is 2.05 bits per heavy atom. The second kappa shape index (κ2) is 6.78. The van der Waals surface area contributed by atoms with E-state index in [0.717, 1.165) is 22.3 Å². The van der Waals surface area contributed by atoms with Crippen LogP contribution in [0.15, 0.2) is 34.4 Å². The van der Waals surface area contributed by atoms with Gasteiger partial charge in [0, 0.05) is 11.1 Å². The summed E-state index contributed by atoms with van der Waals surface area (Å²) in [6, 6.07) is 7.55. The summed E-state index contributed by atoms with van der Waals surface area (Å²) in [6.07, 6.45) is 2.50. The zero-order chi connectivity index (χ0) is 15.4. The van der Waals surface area contributed by atoms with Crippen LogP contribution in [-0.4, -0.2) is 28.3 Å². The lowest BCUT2D eigenvalue weighted by atomic mass is 10.2. The predicted octanol–water partition coefficient (Wildman–Crippen LogP) is 3.59. The van der Waals surface area contributed by atoms with Crippen molar-refractivity contribution in [3.8, 4) is 11.4 Å². The number of halogens is 1. The van der Waals surface area contributed by atoms with Crippen molar-refractivity contribution in [2.75, 3.05) is 7.11 Å². The fourth-order valence-corrected chi connectivity index (χ4v) is 2.58. The molecule has 0 radical (unpaired) electrons. The van der Waals surface area contributed by atoms with Gasteiger partial charge >= 0.3 is 0 Å². The van der Waals surface area contributed by atoms with Crippen LogP contribution in [-0.2, 0) is 4.79 Å². The number of nitrogens with zero attached hydrogens (tertiary/aromatic N) is 2. The van der Waals surface area contributed by atoms with E-state index >= 15 is 0 Å². The third kappa shape index (κ3) is 3.28. The van der Waals surface area contributed by atoms with Gasteiger partial charge in [-0.3, -0.25) is 9.36 Å². The van der Waals surface area contributed by atoms with Gasteiger partial charge < -0.3 is 4.74 Å². The Hall–Kier alpha value is -1.79. The Morgan fingerprint density at radius 3 is 2.57 bits per heavy atom. The third-order valence-corrected chi connectivity index (χ3v) is 3.83. The molecule has 0 fully saturated rings. The molecule has 0 unspecified atom stereocenters. The first-order valence-corrected chi connectivity index (χ1v) is 7.38. The number of carbonyl (C=O) groups is 1. The largest absolute Gasteiger partial charge is 0.497 e. The van der Waals surface area contributed by atoms with Gasteiger partial charge in [-0.1, -0.05) is 12.2 Å². The average Bonchev–Trinajstić information content (AvgIpc) is 2.83. The Kier molecular flexibility index (Phi) is 5.03. The zero-order valence-corrected chi connectivity index (χ0v) is 13.9. The van der Waals surface area contributed by atoms with Crippen molar-refractivity contribution in [3.05, 3.63) is 46.0 Å². The lowest BCUT2D eigenvalue weighted by Gasteiger charge is -2.07. The summed E-state index contributed by atoms with van der Waals surface area (Å²) in [6.45, 7) is 1.73. The minimum atomic E-state index is 0.589. The molecule has 4 nitrogen and oxygen atoms in total. The smallest absolute Gasteiger partial charge is 0.149 e. The minimum Gasteiger partial charge on any atom is -0.497 e. The molecule has 0 atom stereocenters. The second-order valence-electron chi connectivity index (χ2n) is 4.30. The van der Waals surface area contributed by atoms with Gasteiger partial charge in [-0.2, -0.15) is 0 Å². The SMILES string of the molecule is COc1ccc(-n2c(C=S)nc(C=C(C)C=O)c2Br)cc1. The van der Waals surface area contributed by atoms with E-state index in [-0.39, 0.29) is 0 Å². The molecule has 2 rings (SSSR count). The molecule has 0 aliphatic heterocycles. The van der Waals surface area contributed by atoms with Gasteiger partial charge in [-0.25, -0.2) is 4.98 Å². The van der Waals surface area contributed by atoms with Crippen molar-refractivity contribution in [1.29, 1.82) is 0 Å². The van der Waals surface area contributed by atoms with Crippen molar-refractivity contribution in [3.63, 3.8) is 0 Å². The van der Waals surface area contributed by atoms with E-state index in [1.165, 1.54) is 5.37 Å². The Labute approximate surface area is 136 Å². The van der Waals surface area contributed by atoms with Crippen molar-refractivity contribution < 1.29 is 9.53 Å². The quantitative estimate of drug-likeness (QED) is 0.462. The van der Waals surface area contributed by atoms with Crippen molar-refractivity contribution in [2.24, 2.45) is 0 Å². The van der Waals surface area contributed by atoms with Crippen molar-refractivity contribution in [2.45, 2.75) is 6.92 Å². The lowest BCUT2D eigenvalue weighted by Crippen LogP contribution is -1.99. The van der Waals surface area contributed by atoms with Crippen LogP contribution < -0.4 is 4.74 Å². The highest BCUT2D eigenvalue weighted by Gasteiger charge is 2.14. The van der Waals surface area contributed by atoms with Gasteiger partial charge in [0.05, 0.1) is 12.8 Å². The number of aldehydes is 1. The predicted molar refractivity (Wildman–Crippen MR) is 90.3 cm³/mol. The first-order valence-electron chi connectivity index (χ1n) is 6.12. The number of imidazole rings is 1. The molecule has 1 aromatic carbocycles. The number of allylic oxidation sites excluding steroid dienone is 1. The molecule has 0 spiro atoms. The van der Waals surface area contributed by atoms with Crippen LogP contribution in [0.3, 0.4) is 0 Å². The van der Waals surface area contributed by atoms with Gasteiger partial charge in [-0.15, -0.1) is 0 Å². The van der Waals surface area contributed by atoms with Gasteiger partial charge in [0.25, 0.3) is 0 Å². The number of hydrogen-bond donors (Lipinski definition) is 0. The maximum absolute atomic E-state index is 10.8. The van der Waals surface area contributed by atoms with E-state index in [0.29, 0.717) is 17.1 Å². The number of hydrogen-bond acceptors (Lipinski definition) is 4. The molecule has 0 aliphatic carbocycles. The molecule has 1 heterocycles. The van der Waals surface area contributed by atoms with Crippen LogP contribution in [0.25, 0.3) is 11.8 Å². The number of ether oxygens (including phenoxy) is 1. The molecule has 0 N–H and O–H groups in total. The number of thiocarbonyl (C=S) groups is 1. The first-order chi connectivity index (χ1) is 10.1. The summed E-state index contributed by atoms with van der Waals surface area (Å²) in [5, 5.41) is 1.50. The lowest BCUT2D eigenvalue weighted by molar-refractivity contribution is -0.104. The highest BCUT2D eigenvalue weighted by molar-refractivity contribution is 9.10. The van der Waals surface area contributed by atoms with Gasteiger partial charge in [0.1, 0.15) is 22.5 Å². The summed E-state index contributed by atoms with van der Waals surface area (Å²) >= 11 is 8.54. The first kappa shape index (κ1) is 15.6. The average molecular weight is 365 g/mol. The number of aromatic nitrogens is 2. The summed E-state index contributed by atoms with van der Waals surface area (Å²) in [4.78, 5) is 15.2. The second-order valence-corrected chi connectivity index (χ2v) is 5.29. The monoisotopic (exact) mass is 364 g/mol. The third-order valence-electron chi connectivity index (χ3n) is 2.86. The Balaban J connectivity index is 2.56. The van der Waals surface area contributed by atoms with Crippen LogP contribution in [0.1, 0.15) is 18.4 Å². The van der Waals surface area contributed by atoms with Gasteiger partial charge in [0.15, 0.2) is 0 Å². The van der Waals surface area contributed by atoms with Crippen molar-refractivity contribution >= 4 is 45.9 Å². The number of methoxy groups -OCH3 is 1. The molecule has 0 aliphatic rings. The topological polar surface area (TPSA) is 44.1 Å². The molecule has 1 aromatic heterocycles. The highest BCUT2D eigenvalue weighted by atomic mass is 79.9. The van der Waals surface area contributed by atoms with Crippen LogP contribution in [0.2, 0.25) is 0 Å². The standard InChI is InChI=1S/C15H13BrN2O2S/c1-10(8-19)7-13-15(16)18(14(9-21)17-13)11-3-5-12(20-2)6-4-11/h3-9H,1-2H3. The summed E-state index contributed by atoms with van der Waals surface area (Å²) in [5.41, 5.74) is 2.15. The van der Waals surface area contributed by atoms with Gasteiger partial charge in [-0.05, 0) is 58.8 Å². The van der Waals surface area contributed by atoms with Crippen LogP contribution in [0, 0.1) is 0 Å². The van der Waals surface area contributed by atoms with E-state index < -0.39 is 0 Å². The molecular formula is C15H13BrN2O2S. The van der Waals surface area contributed by atoms with E-state index in [1.807, 2.05) is 28.8 Å². The fourth-order valence-electron chi connectivity index (χ4n) is 1.83. The van der Waals surface area contributed by atoms with E-state index in [1.54, 1.807) is 20.1 Å². The Bertz CT molecular complexity index is 705. The maximum Gasteiger partial charge on any atom is 0.149 e.